The molecule has 3 rings (SSSR count). The number of nitrogens with zero attached hydrogens (tertiary/aromatic N) is 3. The molecule has 0 aliphatic rings. The van der Waals surface area contributed by atoms with Crippen LogP contribution in [0.4, 0.5) is 0 Å². The van der Waals surface area contributed by atoms with E-state index in [9.17, 15) is 0 Å². The third-order valence-electron chi connectivity index (χ3n) is 2.70. The zero-order valence-corrected chi connectivity index (χ0v) is 13.7. The van der Waals surface area contributed by atoms with Gasteiger partial charge in [0.15, 0.2) is 0 Å². The van der Waals surface area contributed by atoms with E-state index in [4.69, 9.17) is 6.42 Å². The van der Waals surface area contributed by atoms with Gasteiger partial charge in [-0.25, -0.2) is 4.98 Å². The molecule has 0 N–H and O–H groups in total. The molecule has 0 aromatic carbocycles. The molecule has 21 heavy (non-hydrogen) atoms. The first-order chi connectivity index (χ1) is 10.3. The summed E-state index contributed by atoms with van der Waals surface area (Å²) in [6.07, 6.45) is 5.24. The van der Waals surface area contributed by atoms with Crippen LogP contribution >= 0.6 is 34.4 Å². The maximum atomic E-state index is 5.24. The van der Waals surface area contributed by atoms with E-state index in [1.807, 2.05) is 25.1 Å². The Bertz CT molecular complexity index is 768. The number of thiazole rings is 1. The highest BCUT2D eigenvalue weighted by molar-refractivity contribution is 7.99. The molecule has 0 saturated heterocycles. The molecule has 0 radical (unpaired) electrons. The van der Waals surface area contributed by atoms with Crippen molar-refractivity contribution in [2.24, 2.45) is 0 Å². The summed E-state index contributed by atoms with van der Waals surface area (Å²) in [6, 6.07) is 8.05. The van der Waals surface area contributed by atoms with Crippen LogP contribution < -0.4 is 0 Å². The smallest absolute Gasteiger partial charge is 0.134 e. The Labute approximate surface area is 135 Å². The molecule has 3 aromatic heterocycles. The van der Waals surface area contributed by atoms with Crippen molar-refractivity contribution in [1.82, 2.24) is 15.2 Å². The molecule has 0 aliphatic carbocycles. The van der Waals surface area contributed by atoms with E-state index in [0.717, 1.165) is 26.3 Å². The normalized spacial score (nSPS) is 10.5. The molecule has 0 atom stereocenters. The number of thioether (sulfide) groups is 1. The topological polar surface area (TPSA) is 38.7 Å². The molecule has 0 unspecified atom stereocenters. The average Bonchev–Trinajstić information content (AvgIpc) is 3.15. The minimum absolute atomic E-state index is 0.607. The van der Waals surface area contributed by atoms with Crippen molar-refractivity contribution in [3.05, 3.63) is 35.3 Å². The van der Waals surface area contributed by atoms with Gasteiger partial charge in [0.2, 0.25) is 0 Å². The molecular formula is C15H11N3S3. The summed E-state index contributed by atoms with van der Waals surface area (Å²) >= 11 is 4.86. The van der Waals surface area contributed by atoms with Crippen LogP contribution in [-0.2, 0) is 0 Å². The van der Waals surface area contributed by atoms with Crippen LogP contribution in [0, 0.1) is 19.3 Å². The molecule has 3 heterocycles. The lowest BCUT2D eigenvalue weighted by atomic mass is 10.3. The van der Waals surface area contributed by atoms with Gasteiger partial charge in [-0.15, -0.1) is 39.3 Å². The molecule has 0 bridgehead atoms. The van der Waals surface area contributed by atoms with Crippen molar-refractivity contribution in [2.45, 2.75) is 11.9 Å². The van der Waals surface area contributed by atoms with Gasteiger partial charge in [0.05, 0.1) is 21.2 Å². The second-order valence-corrected chi connectivity index (χ2v) is 7.10. The minimum Gasteiger partial charge on any atom is -0.240 e. The van der Waals surface area contributed by atoms with Crippen LogP contribution in [0.15, 0.2) is 34.7 Å². The molecule has 3 aromatic rings. The minimum atomic E-state index is 0.607. The van der Waals surface area contributed by atoms with Gasteiger partial charge in [-0.05, 0) is 30.5 Å². The molecule has 0 fully saturated rings. The molecule has 0 spiro atoms. The van der Waals surface area contributed by atoms with Crippen LogP contribution in [0.5, 0.6) is 0 Å². The molecule has 0 amide bonds. The summed E-state index contributed by atoms with van der Waals surface area (Å²) in [4.78, 5) is 6.88. The third kappa shape index (κ3) is 3.16. The first kappa shape index (κ1) is 14.3. The molecule has 0 aliphatic heterocycles. The fourth-order valence-electron chi connectivity index (χ4n) is 1.77. The molecule has 6 heteroatoms. The predicted octanol–water partition coefficient (Wildman–Crippen LogP) is 4.36. The van der Waals surface area contributed by atoms with Crippen LogP contribution in [0.2, 0.25) is 0 Å². The standard InChI is InChI=1S/C15H11N3S3/c1-3-8-20-13-7-6-11(17-18-13)14-10(2)16-15(21-14)12-5-4-9-19-12/h1,4-7,9H,8H2,2H3. The number of hydrogen-bond donors (Lipinski definition) is 0. The lowest BCUT2D eigenvalue weighted by Crippen LogP contribution is -1.89. The van der Waals surface area contributed by atoms with Gasteiger partial charge in [-0.2, -0.15) is 0 Å². The van der Waals surface area contributed by atoms with Crippen LogP contribution in [0.25, 0.3) is 20.5 Å². The number of aryl methyl sites for hydroxylation is 1. The largest absolute Gasteiger partial charge is 0.240 e. The molecule has 104 valence electrons. The van der Waals surface area contributed by atoms with Crippen LogP contribution in [-0.4, -0.2) is 20.9 Å². The quantitative estimate of drug-likeness (QED) is 0.526. The van der Waals surface area contributed by atoms with Gasteiger partial charge < -0.3 is 0 Å². The highest BCUT2D eigenvalue weighted by Crippen LogP contribution is 2.36. The van der Waals surface area contributed by atoms with Gasteiger partial charge in [-0.3, -0.25) is 0 Å². The molecular weight excluding hydrogens is 318 g/mol. The first-order valence-corrected chi connectivity index (χ1v) is 8.88. The fourth-order valence-corrected chi connectivity index (χ4v) is 4.10. The van der Waals surface area contributed by atoms with Crippen molar-refractivity contribution >= 4 is 34.4 Å². The van der Waals surface area contributed by atoms with E-state index in [1.54, 1.807) is 22.7 Å². The highest BCUT2D eigenvalue weighted by atomic mass is 32.2. The summed E-state index contributed by atoms with van der Waals surface area (Å²) in [5, 5.41) is 12.4. The lowest BCUT2D eigenvalue weighted by molar-refractivity contribution is 0.937. The number of terminal acetylenes is 1. The Hall–Kier alpha value is -1.68. The summed E-state index contributed by atoms with van der Waals surface area (Å²) < 4.78 is 0. The third-order valence-corrected chi connectivity index (χ3v) is 5.75. The highest BCUT2D eigenvalue weighted by Gasteiger charge is 2.13. The SMILES string of the molecule is C#CCSc1ccc(-c2sc(-c3cccs3)nc2C)nn1. The van der Waals surface area contributed by atoms with E-state index >= 15 is 0 Å². The molecule has 0 saturated carbocycles. The lowest BCUT2D eigenvalue weighted by Gasteiger charge is -1.99. The van der Waals surface area contributed by atoms with E-state index < -0.39 is 0 Å². The van der Waals surface area contributed by atoms with Crippen molar-refractivity contribution in [2.75, 3.05) is 5.75 Å². The first-order valence-electron chi connectivity index (χ1n) is 6.19. The Morgan fingerprint density at radius 1 is 1.29 bits per heavy atom. The Morgan fingerprint density at radius 2 is 2.19 bits per heavy atom. The van der Waals surface area contributed by atoms with Gasteiger partial charge in [0.1, 0.15) is 15.7 Å². The van der Waals surface area contributed by atoms with Gasteiger partial charge in [-0.1, -0.05) is 23.7 Å². The number of hydrogen-bond acceptors (Lipinski definition) is 6. The van der Waals surface area contributed by atoms with Crippen molar-refractivity contribution in [3.63, 3.8) is 0 Å². The monoisotopic (exact) mass is 329 g/mol. The molecule has 3 nitrogen and oxygen atoms in total. The Morgan fingerprint density at radius 3 is 2.86 bits per heavy atom. The Balaban J connectivity index is 1.89. The zero-order chi connectivity index (χ0) is 14.7. The van der Waals surface area contributed by atoms with E-state index in [0.29, 0.717) is 5.75 Å². The summed E-state index contributed by atoms with van der Waals surface area (Å²) in [6.45, 7) is 2.01. The predicted molar refractivity (Wildman–Crippen MR) is 90.7 cm³/mol. The second-order valence-electron chi connectivity index (χ2n) is 4.16. The maximum Gasteiger partial charge on any atom is 0.134 e. The maximum absolute atomic E-state index is 5.24. The summed E-state index contributed by atoms with van der Waals surface area (Å²) in [7, 11) is 0. The Kier molecular flexibility index (Phi) is 4.34. The van der Waals surface area contributed by atoms with Crippen molar-refractivity contribution < 1.29 is 0 Å². The van der Waals surface area contributed by atoms with E-state index in [2.05, 4.69) is 32.5 Å². The van der Waals surface area contributed by atoms with Crippen molar-refractivity contribution in [1.29, 1.82) is 0 Å². The number of thiophene rings is 1. The average molecular weight is 329 g/mol. The summed E-state index contributed by atoms with van der Waals surface area (Å²) in [5.41, 5.74) is 1.85. The van der Waals surface area contributed by atoms with E-state index in [1.165, 1.54) is 16.6 Å². The van der Waals surface area contributed by atoms with Gasteiger partial charge >= 0.3 is 0 Å². The van der Waals surface area contributed by atoms with E-state index in [-0.39, 0.29) is 0 Å². The van der Waals surface area contributed by atoms with Gasteiger partial charge in [0.25, 0.3) is 0 Å². The second kappa shape index (κ2) is 6.39. The van der Waals surface area contributed by atoms with Crippen molar-refractivity contribution in [3.8, 4) is 32.8 Å². The number of rotatable bonds is 4. The zero-order valence-electron chi connectivity index (χ0n) is 11.2. The van der Waals surface area contributed by atoms with Crippen LogP contribution in [0.1, 0.15) is 5.69 Å². The number of aromatic nitrogens is 3. The van der Waals surface area contributed by atoms with Gasteiger partial charge in [0, 0.05) is 0 Å². The fraction of sp³-hybridized carbons (Fsp3) is 0.133. The summed E-state index contributed by atoms with van der Waals surface area (Å²) in [5.74, 6) is 3.19. The van der Waals surface area contributed by atoms with Crippen LogP contribution in [0.3, 0.4) is 0 Å².